The van der Waals surface area contributed by atoms with E-state index < -0.39 is 17.8 Å². The van der Waals surface area contributed by atoms with Crippen molar-refractivity contribution >= 4 is 0 Å². The standard InChI is InChI=1S/C18H30F2O4/c1-16(2,3)18(19,20)24-14(21)9-23-10-17-6-11-4-12(7-17)15(22)13(5-11)8-17/h11-15,21-22H,4-10H2,1-3H3. The van der Waals surface area contributed by atoms with Gasteiger partial charge in [0.05, 0.1) is 24.7 Å². The van der Waals surface area contributed by atoms with Gasteiger partial charge in [-0.2, -0.15) is 8.78 Å². The maximum atomic E-state index is 13.8. The Morgan fingerprint density at radius 1 is 1.12 bits per heavy atom. The lowest BCUT2D eigenvalue weighted by Crippen LogP contribution is -2.55. The van der Waals surface area contributed by atoms with Gasteiger partial charge in [0.1, 0.15) is 0 Å². The van der Waals surface area contributed by atoms with Crippen LogP contribution in [0.2, 0.25) is 0 Å². The van der Waals surface area contributed by atoms with Crippen molar-refractivity contribution in [1.82, 2.24) is 0 Å². The summed E-state index contributed by atoms with van der Waals surface area (Å²) < 4.78 is 37.7. The van der Waals surface area contributed by atoms with Crippen LogP contribution in [0.3, 0.4) is 0 Å². The van der Waals surface area contributed by atoms with Crippen molar-refractivity contribution in [3.63, 3.8) is 0 Å². The van der Waals surface area contributed by atoms with E-state index in [1.807, 2.05) is 0 Å². The number of rotatable bonds is 6. The zero-order valence-electron chi connectivity index (χ0n) is 14.8. The van der Waals surface area contributed by atoms with Crippen LogP contribution in [0.5, 0.6) is 0 Å². The number of ether oxygens (including phenoxy) is 2. The van der Waals surface area contributed by atoms with Gasteiger partial charge >= 0.3 is 6.11 Å². The van der Waals surface area contributed by atoms with E-state index in [4.69, 9.17) is 4.74 Å². The first-order valence-electron chi connectivity index (χ1n) is 9.01. The van der Waals surface area contributed by atoms with E-state index in [-0.39, 0.29) is 18.1 Å². The minimum atomic E-state index is -3.42. The Hall–Kier alpha value is -0.300. The largest absolute Gasteiger partial charge is 0.393 e. The molecule has 4 aliphatic carbocycles. The highest BCUT2D eigenvalue weighted by atomic mass is 19.3. The second-order valence-electron chi connectivity index (χ2n) is 9.31. The van der Waals surface area contributed by atoms with Crippen LogP contribution in [0, 0.1) is 28.6 Å². The van der Waals surface area contributed by atoms with Crippen molar-refractivity contribution in [2.75, 3.05) is 13.2 Å². The van der Waals surface area contributed by atoms with Crippen LogP contribution in [0.1, 0.15) is 52.9 Å². The molecule has 4 nitrogen and oxygen atoms in total. The zero-order valence-corrected chi connectivity index (χ0v) is 14.8. The molecular weight excluding hydrogens is 318 g/mol. The zero-order chi connectivity index (χ0) is 17.8. The van der Waals surface area contributed by atoms with Crippen molar-refractivity contribution < 1.29 is 28.5 Å². The molecule has 4 rings (SSSR count). The van der Waals surface area contributed by atoms with Gasteiger partial charge < -0.3 is 14.9 Å². The summed E-state index contributed by atoms with van der Waals surface area (Å²) >= 11 is 0. The van der Waals surface area contributed by atoms with Crippen molar-refractivity contribution in [3.05, 3.63) is 0 Å². The third kappa shape index (κ3) is 3.48. The van der Waals surface area contributed by atoms with Crippen LogP contribution >= 0.6 is 0 Å². The van der Waals surface area contributed by atoms with E-state index in [1.165, 1.54) is 20.8 Å². The fourth-order valence-corrected chi connectivity index (χ4v) is 5.10. The van der Waals surface area contributed by atoms with E-state index in [1.54, 1.807) is 0 Å². The molecule has 2 N–H and O–H groups in total. The maximum absolute atomic E-state index is 13.8. The Kier molecular flexibility index (Phi) is 4.74. The Balaban J connectivity index is 1.49. The minimum Gasteiger partial charge on any atom is -0.393 e. The third-order valence-corrected chi connectivity index (χ3v) is 6.18. The fraction of sp³-hybridized carbons (Fsp3) is 1.00. The molecule has 0 aliphatic heterocycles. The molecule has 4 aliphatic rings. The van der Waals surface area contributed by atoms with Gasteiger partial charge in [-0.25, -0.2) is 0 Å². The molecule has 140 valence electrons. The van der Waals surface area contributed by atoms with Gasteiger partial charge in [-0.05, 0) is 55.3 Å². The summed E-state index contributed by atoms with van der Waals surface area (Å²) in [7, 11) is 0. The van der Waals surface area contributed by atoms with Gasteiger partial charge in [0.2, 0.25) is 0 Å². The van der Waals surface area contributed by atoms with E-state index in [9.17, 15) is 19.0 Å². The van der Waals surface area contributed by atoms with Gasteiger partial charge in [-0.3, -0.25) is 4.74 Å². The first kappa shape index (κ1) is 18.5. The fourth-order valence-electron chi connectivity index (χ4n) is 5.10. The van der Waals surface area contributed by atoms with Crippen LogP contribution < -0.4 is 0 Å². The minimum absolute atomic E-state index is 0.0436. The van der Waals surface area contributed by atoms with Crippen LogP contribution in [-0.4, -0.2) is 41.9 Å². The summed E-state index contributed by atoms with van der Waals surface area (Å²) in [6, 6.07) is 0. The summed E-state index contributed by atoms with van der Waals surface area (Å²) in [5, 5.41) is 20.0. The van der Waals surface area contributed by atoms with Crippen LogP contribution in [0.15, 0.2) is 0 Å². The highest BCUT2D eigenvalue weighted by molar-refractivity contribution is 5.05. The molecule has 4 bridgehead atoms. The van der Waals surface area contributed by atoms with Crippen molar-refractivity contribution in [2.45, 2.75) is 71.4 Å². The van der Waals surface area contributed by atoms with E-state index in [0.717, 1.165) is 32.1 Å². The number of hydrogen-bond acceptors (Lipinski definition) is 4. The highest BCUT2D eigenvalue weighted by Gasteiger charge is 2.55. The molecule has 4 saturated carbocycles. The second-order valence-corrected chi connectivity index (χ2v) is 9.31. The molecular formula is C18H30F2O4. The third-order valence-electron chi connectivity index (χ3n) is 6.18. The summed E-state index contributed by atoms with van der Waals surface area (Å²) in [6.07, 6.45) is -0.0753. The molecule has 0 spiro atoms. The predicted molar refractivity (Wildman–Crippen MR) is 84.3 cm³/mol. The van der Waals surface area contributed by atoms with Gasteiger partial charge in [-0.1, -0.05) is 20.8 Å². The van der Waals surface area contributed by atoms with Crippen LogP contribution in [0.4, 0.5) is 8.78 Å². The van der Waals surface area contributed by atoms with E-state index in [2.05, 4.69) is 4.74 Å². The van der Waals surface area contributed by atoms with Crippen molar-refractivity contribution in [3.8, 4) is 0 Å². The molecule has 0 aromatic carbocycles. The SMILES string of the molecule is CC(C)(C)C(F)(F)OC(O)COCC12CC3CC(C1)C(O)C(C3)C2. The first-order valence-corrected chi connectivity index (χ1v) is 9.01. The number of aliphatic hydroxyl groups excluding tert-OH is 2. The predicted octanol–water partition coefficient (Wildman–Crippen LogP) is 3.16. The van der Waals surface area contributed by atoms with Crippen LogP contribution in [0.25, 0.3) is 0 Å². The Morgan fingerprint density at radius 3 is 2.25 bits per heavy atom. The first-order chi connectivity index (χ1) is 11.0. The average Bonchev–Trinajstić information content (AvgIpc) is 2.41. The molecule has 0 aromatic heterocycles. The summed E-state index contributed by atoms with van der Waals surface area (Å²) in [5.41, 5.74) is -1.34. The second kappa shape index (κ2) is 6.15. The molecule has 0 saturated heterocycles. The Morgan fingerprint density at radius 2 is 1.71 bits per heavy atom. The molecule has 0 radical (unpaired) electrons. The summed E-state index contributed by atoms with van der Waals surface area (Å²) in [4.78, 5) is 0. The molecule has 3 atom stereocenters. The number of alkyl halides is 2. The lowest BCUT2D eigenvalue weighted by Gasteiger charge is -2.58. The lowest BCUT2D eigenvalue weighted by molar-refractivity contribution is -0.354. The molecule has 6 heteroatoms. The maximum Gasteiger partial charge on any atom is 0.362 e. The summed E-state index contributed by atoms with van der Waals surface area (Å²) in [6.45, 7) is 4.28. The van der Waals surface area contributed by atoms with E-state index >= 15 is 0 Å². The molecule has 4 fully saturated rings. The van der Waals surface area contributed by atoms with Crippen molar-refractivity contribution in [1.29, 1.82) is 0 Å². The van der Waals surface area contributed by atoms with Gasteiger partial charge in [0.25, 0.3) is 0 Å². The van der Waals surface area contributed by atoms with E-state index in [0.29, 0.717) is 24.4 Å². The molecule has 24 heavy (non-hydrogen) atoms. The smallest absolute Gasteiger partial charge is 0.362 e. The quantitative estimate of drug-likeness (QED) is 0.724. The van der Waals surface area contributed by atoms with Gasteiger partial charge in [0, 0.05) is 0 Å². The number of halogens is 2. The Bertz CT molecular complexity index is 446. The monoisotopic (exact) mass is 348 g/mol. The highest BCUT2D eigenvalue weighted by Crippen LogP contribution is 2.60. The molecule has 0 aromatic rings. The number of aliphatic hydroxyl groups is 2. The van der Waals surface area contributed by atoms with Crippen molar-refractivity contribution in [2.24, 2.45) is 28.6 Å². The lowest BCUT2D eigenvalue weighted by atomic mass is 9.49. The molecule has 0 amide bonds. The Labute approximate surface area is 142 Å². The van der Waals surface area contributed by atoms with Gasteiger partial charge in [0.15, 0.2) is 6.29 Å². The van der Waals surface area contributed by atoms with Crippen LogP contribution in [-0.2, 0) is 9.47 Å². The summed E-state index contributed by atoms with van der Waals surface area (Å²) in [5.74, 6) is 1.36. The topological polar surface area (TPSA) is 58.9 Å². The van der Waals surface area contributed by atoms with Gasteiger partial charge in [-0.15, -0.1) is 0 Å². The number of hydrogen-bond donors (Lipinski definition) is 2. The normalized spacial score (nSPS) is 40.1. The average molecular weight is 348 g/mol. The molecule has 0 heterocycles. The molecule has 3 unspecified atom stereocenters.